The number of allylic oxidation sites excluding steroid dienone is 1. The van der Waals surface area contributed by atoms with E-state index in [2.05, 4.69) is 12.5 Å². The zero-order chi connectivity index (χ0) is 26.5. The molecule has 206 valence electrons. The van der Waals surface area contributed by atoms with Gasteiger partial charge < -0.3 is 0 Å². The van der Waals surface area contributed by atoms with Crippen molar-refractivity contribution in [1.29, 1.82) is 0 Å². The van der Waals surface area contributed by atoms with Gasteiger partial charge in [-0.2, -0.15) is 8.61 Å². The molecule has 1 heterocycles. The Balaban J connectivity index is 0.000000364. The Morgan fingerprint density at radius 1 is 1.00 bits per heavy atom. The highest BCUT2D eigenvalue weighted by Crippen LogP contribution is 2.34. The van der Waals surface area contributed by atoms with Crippen LogP contribution in [0.5, 0.6) is 0 Å². The van der Waals surface area contributed by atoms with Crippen LogP contribution >= 0.6 is 0 Å². The first-order chi connectivity index (χ1) is 17.0. The van der Waals surface area contributed by atoms with Gasteiger partial charge in [-0.1, -0.05) is 62.2 Å². The molecule has 0 spiro atoms. The van der Waals surface area contributed by atoms with Crippen molar-refractivity contribution in [1.82, 2.24) is 8.61 Å². The molecule has 0 saturated carbocycles. The first kappa shape index (κ1) is 33.0. The first-order valence-electron chi connectivity index (χ1n) is 11.4. The molecule has 1 aliphatic heterocycles. The lowest BCUT2D eigenvalue weighted by Gasteiger charge is -2.18. The minimum absolute atomic E-state index is 0. The van der Waals surface area contributed by atoms with Crippen molar-refractivity contribution < 1.29 is 21.6 Å². The number of carbonyl (C=O) groups excluding carboxylic acids is 1. The van der Waals surface area contributed by atoms with Crippen LogP contribution in [0.25, 0.3) is 0 Å². The maximum absolute atomic E-state index is 12.5. The zero-order valence-corrected chi connectivity index (χ0v) is 22.1. The third kappa shape index (κ3) is 7.51. The number of hydrogen-bond donors (Lipinski definition) is 0. The zero-order valence-electron chi connectivity index (χ0n) is 20.4. The molecular formula is C29H38N2O5S2. The van der Waals surface area contributed by atoms with Crippen LogP contribution in [-0.4, -0.2) is 57.4 Å². The molecule has 1 atom stereocenters. The van der Waals surface area contributed by atoms with E-state index in [0.717, 1.165) is 16.7 Å². The smallest absolute Gasteiger partial charge is 0.244 e. The van der Waals surface area contributed by atoms with E-state index in [-0.39, 0.29) is 44.5 Å². The van der Waals surface area contributed by atoms with Gasteiger partial charge in [0.2, 0.25) is 20.0 Å². The molecule has 0 amide bonds. The average Bonchev–Trinajstić information content (AvgIpc) is 3.38. The Kier molecular flexibility index (Phi) is 11.9. The van der Waals surface area contributed by atoms with Crippen molar-refractivity contribution in [2.45, 2.75) is 44.9 Å². The lowest BCUT2D eigenvalue weighted by Crippen LogP contribution is -2.31. The topological polar surface area (TPSA) is 91.8 Å². The Bertz CT molecular complexity index is 1400. The predicted octanol–water partition coefficient (Wildman–Crippen LogP) is 4.59. The second kappa shape index (κ2) is 13.7. The molecule has 0 aromatic heterocycles. The molecule has 0 radical (unpaired) electrons. The van der Waals surface area contributed by atoms with Gasteiger partial charge in [0.05, 0.1) is 16.3 Å². The number of hydrogen-bond acceptors (Lipinski definition) is 5. The molecule has 0 bridgehead atoms. The van der Waals surface area contributed by atoms with Crippen LogP contribution in [0.3, 0.4) is 0 Å². The van der Waals surface area contributed by atoms with E-state index >= 15 is 0 Å². The largest absolute Gasteiger partial charge is 0.295 e. The quantitative estimate of drug-likeness (QED) is 0.366. The lowest BCUT2D eigenvalue weighted by atomic mass is 10.1. The van der Waals surface area contributed by atoms with Crippen molar-refractivity contribution in [3.63, 3.8) is 0 Å². The SMILES string of the molecule is C.C.C#CCN(CC=C)S(=O)(=O)c1ccc(C)cc1.Cc1ccc(S(=O)(=O)N2CC3=CC(=O)CC3C2)cc1. The van der Waals surface area contributed by atoms with Gasteiger partial charge in [0.25, 0.3) is 0 Å². The fourth-order valence-corrected chi connectivity index (χ4v) is 6.82. The van der Waals surface area contributed by atoms with Crippen LogP contribution in [0.4, 0.5) is 0 Å². The summed E-state index contributed by atoms with van der Waals surface area (Å²) in [7, 11) is -6.96. The van der Waals surface area contributed by atoms with Gasteiger partial charge in [-0.25, -0.2) is 16.8 Å². The van der Waals surface area contributed by atoms with E-state index in [4.69, 9.17) is 6.42 Å². The summed E-state index contributed by atoms with van der Waals surface area (Å²) in [5.41, 5.74) is 3.00. The highest BCUT2D eigenvalue weighted by Gasteiger charge is 2.39. The number of ketones is 1. The standard InChI is InChI=1S/C14H15NO3S.C13H15NO2S.2CH4/c1-10-2-4-14(5-3-10)19(17,18)15-8-11-6-13(16)7-12(11)9-15;1-4-10-14(11-5-2)17(15,16)13-8-6-12(3)7-9-13;;/h2-6,12H,7-9H2,1H3;1,5-9H,2,10-11H2,3H3;2*1H4. The molecule has 38 heavy (non-hydrogen) atoms. The van der Waals surface area contributed by atoms with Gasteiger partial charge in [0.15, 0.2) is 5.78 Å². The van der Waals surface area contributed by atoms with Gasteiger partial charge in [-0.3, -0.25) is 4.79 Å². The lowest BCUT2D eigenvalue weighted by molar-refractivity contribution is -0.114. The van der Waals surface area contributed by atoms with Crippen LogP contribution in [-0.2, 0) is 24.8 Å². The molecule has 9 heteroatoms. The third-order valence-electron chi connectivity index (χ3n) is 6.02. The van der Waals surface area contributed by atoms with Crippen molar-refractivity contribution in [2.75, 3.05) is 26.2 Å². The molecule has 0 N–H and O–H groups in total. The molecule has 1 unspecified atom stereocenters. The Hall–Kier alpha value is -3.03. The number of nitrogens with zero attached hydrogens (tertiary/aromatic N) is 2. The van der Waals surface area contributed by atoms with E-state index in [1.807, 2.05) is 13.8 Å². The van der Waals surface area contributed by atoms with Gasteiger partial charge >= 0.3 is 0 Å². The van der Waals surface area contributed by atoms with Crippen LogP contribution in [0.2, 0.25) is 0 Å². The molecule has 1 saturated heterocycles. The number of fused-ring (bicyclic) bond motifs is 1. The van der Waals surface area contributed by atoms with Crippen LogP contribution in [0.15, 0.2) is 82.6 Å². The second-order valence-electron chi connectivity index (χ2n) is 8.80. The van der Waals surface area contributed by atoms with Gasteiger partial charge in [0, 0.05) is 32.0 Å². The van der Waals surface area contributed by atoms with Gasteiger partial charge in [0.1, 0.15) is 0 Å². The Morgan fingerprint density at radius 3 is 2.00 bits per heavy atom. The molecule has 7 nitrogen and oxygen atoms in total. The predicted molar refractivity (Wildman–Crippen MR) is 154 cm³/mol. The number of terminal acetylenes is 1. The number of carbonyl (C=O) groups is 1. The van der Waals surface area contributed by atoms with Crippen molar-refractivity contribution in [3.05, 3.63) is 84.0 Å². The summed E-state index contributed by atoms with van der Waals surface area (Å²) in [5, 5.41) is 0. The van der Waals surface area contributed by atoms with E-state index in [1.165, 1.54) is 14.7 Å². The highest BCUT2D eigenvalue weighted by atomic mass is 32.2. The van der Waals surface area contributed by atoms with Crippen LogP contribution in [0, 0.1) is 32.1 Å². The number of aryl methyl sites for hydroxylation is 2. The molecule has 2 aromatic rings. The summed E-state index contributed by atoms with van der Waals surface area (Å²) >= 11 is 0. The maximum Gasteiger partial charge on any atom is 0.244 e. The molecule has 4 rings (SSSR count). The molecular weight excluding hydrogens is 520 g/mol. The molecule has 2 aromatic carbocycles. The van der Waals surface area contributed by atoms with E-state index in [9.17, 15) is 21.6 Å². The summed E-state index contributed by atoms with van der Waals surface area (Å²) in [6, 6.07) is 13.5. The Morgan fingerprint density at radius 2 is 1.53 bits per heavy atom. The van der Waals surface area contributed by atoms with Crippen LogP contribution in [0.1, 0.15) is 32.4 Å². The number of benzene rings is 2. The Labute approximate surface area is 229 Å². The monoisotopic (exact) mass is 558 g/mol. The minimum atomic E-state index is -3.52. The molecule has 1 aliphatic carbocycles. The van der Waals surface area contributed by atoms with E-state index in [1.54, 1.807) is 54.6 Å². The summed E-state index contributed by atoms with van der Waals surface area (Å²) in [4.78, 5) is 11.9. The highest BCUT2D eigenvalue weighted by molar-refractivity contribution is 7.89. The van der Waals surface area contributed by atoms with Crippen molar-refractivity contribution in [3.8, 4) is 12.3 Å². The van der Waals surface area contributed by atoms with Gasteiger partial charge in [-0.05, 0) is 49.8 Å². The van der Waals surface area contributed by atoms with Crippen LogP contribution < -0.4 is 0 Å². The van der Waals surface area contributed by atoms with Crippen molar-refractivity contribution >= 4 is 25.8 Å². The number of sulfonamides is 2. The average molecular weight is 559 g/mol. The normalized spacial score (nSPS) is 16.7. The van der Waals surface area contributed by atoms with Crippen molar-refractivity contribution in [2.24, 2.45) is 5.92 Å². The second-order valence-corrected chi connectivity index (χ2v) is 12.7. The molecule has 1 fully saturated rings. The summed E-state index contributed by atoms with van der Waals surface area (Å²) in [6.45, 7) is 8.39. The fraction of sp³-hybridized carbons (Fsp3) is 0.345. The molecule has 2 aliphatic rings. The number of rotatable bonds is 7. The van der Waals surface area contributed by atoms with Gasteiger partial charge in [-0.15, -0.1) is 13.0 Å². The fourth-order valence-electron chi connectivity index (χ4n) is 4.02. The summed E-state index contributed by atoms with van der Waals surface area (Å²) in [5.74, 6) is 2.55. The summed E-state index contributed by atoms with van der Waals surface area (Å²) < 4.78 is 52.0. The maximum atomic E-state index is 12.5. The minimum Gasteiger partial charge on any atom is -0.295 e. The first-order valence-corrected chi connectivity index (χ1v) is 14.3. The van der Waals surface area contributed by atoms with E-state index < -0.39 is 20.0 Å². The third-order valence-corrected chi connectivity index (χ3v) is 9.67. The van der Waals surface area contributed by atoms with E-state index in [0.29, 0.717) is 24.4 Å². The summed E-state index contributed by atoms with van der Waals surface area (Å²) in [6.07, 6.45) is 8.75.